The van der Waals surface area contributed by atoms with Crippen LogP contribution < -0.4 is 0 Å². The summed E-state index contributed by atoms with van der Waals surface area (Å²) >= 11 is 0. The van der Waals surface area contributed by atoms with Crippen molar-refractivity contribution in [1.29, 1.82) is 0 Å². The van der Waals surface area contributed by atoms with Crippen molar-refractivity contribution >= 4 is 17.8 Å². The van der Waals surface area contributed by atoms with Crippen LogP contribution in [-0.4, -0.2) is 54.7 Å². The van der Waals surface area contributed by atoms with Gasteiger partial charge < -0.3 is 14.4 Å². The van der Waals surface area contributed by atoms with Gasteiger partial charge in [0, 0.05) is 18.4 Å². The van der Waals surface area contributed by atoms with E-state index in [0.717, 1.165) is 0 Å². The van der Waals surface area contributed by atoms with E-state index in [1.165, 1.54) is 12.0 Å². The van der Waals surface area contributed by atoms with E-state index in [4.69, 9.17) is 4.74 Å². The van der Waals surface area contributed by atoms with Gasteiger partial charge in [0.25, 0.3) is 0 Å². The minimum Gasteiger partial charge on any atom is -0.468 e. The number of rotatable bonds is 1. The summed E-state index contributed by atoms with van der Waals surface area (Å²) in [5.74, 6) is -2.02. The van der Waals surface area contributed by atoms with E-state index in [2.05, 4.69) is 4.74 Å². The van der Waals surface area contributed by atoms with Crippen LogP contribution in [0.2, 0.25) is 0 Å². The molecule has 1 saturated heterocycles. The maximum Gasteiger partial charge on any atom is 0.410 e. The number of nitrogens with zero attached hydrogens (tertiary/aromatic N) is 1. The maximum absolute atomic E-state index is 14.9. The molecule has 2 rings (SSSR count). The number of carbonyl (C=O) groups excluding carboxylic acids is 3. The van der Waals surface area contributed by atoms with Crippen LogP contribution in [0.25, 0.3) is 0 Å². The van der Waals surface area contributed by atoms with Gasteiger partial charge in [0.1, 0.15) is 23.5 Å². The van der Waals surface area contributed by atoms with Crippen molar-refractivity contribution in [3.8, 4) is 0 Å². The van der Waals surface area contributed by atoms with Crippen LogP contribution >= 0.6 is 0 Å². The van der Waals surface area contributed by atoms with Crippen LogP contribution in [0.15, 0.2) is 0 Å². The fraction of sp³-hybridized carbons (Fsp3) is 0.812. The first-order valence-corrected chi connectivity index (χ1v) is 7.83. The van der Waals surface area contributed by atoms with Gasteiger partial charge in [-0.05, 0) is 33.6 Å². The predicted octanol–water partition coefficient (Wildman–Crippen LogP) is 2.10. The van der Waals surface area contributed by atoms with Crippen LogP contribution in [0, 0.1) is 11.3 Å². The number of piperidine rings is 1. The molecule has 0 aromatic heterocycles. The molecule has 1 amide bonds. The standard InChI is InChI=1S/C16H24FNO5/c1-15(2,3)23-14(21)18-8-7-16(11(17)9-18)6-5-10(19)12(16)13(20)22-4/h11-12H,5-9H2,1-4H3. The van der Waals surface area contributed by atoms with E-state index < -0.39 is 35.2 Å². The number of hydrogen-bond acceptors (Lipinski definition) is 5. The Labute approximate surface area is 135 Å². The number of ether oxygens (including phenoxy) is 2. The molecule has 0 aromatic rings. The van der Waals surface area contributed by atoms with E-state index in [0.29, 0.717) is 6.42 Å². The molecule has 1 aliphatic heterocycles. The van der Waals surface area contributed by atoms with Crippen molar-refractivity contribution in [3.05, 3.63) is 0 Å². The number of methoxy groups -OCH3 is 1. The van der Waals surface area contributed by atoms with Crippen molar-refractivity contribution in [3.63, 3.8) is 0 Å². The third-order valence-electron chi connectivity index (χ3n) is 4.67. The van der Waals surface area contributed by atoms with Gasteiger partial charge in [-0.2, -0.15) is 0 Å². The van der Waals surface area contributed by atoms with E-state index in [-0.39, 0.29) is 31.7 Å². The average molecular weight is 329 g/mol. The monoisotopic (exact) mass is 329 g/mol. The molecule has 1 spiro atoms. The number of hydrogen-bond donors (Lipinski definition) is 0. The van der Waals surface area contributed by atoms with Crippen molar-refractivity contribution < 1.29 is 28.2 Å². The molecule has 7 heteroatoms. The topological polar surface area (TPSA) is 72.9 Å². The van der Waals surface area contributed by atoms with Gasteiger partial charge in [-0.1, -0.05) is 0 Å². The fourth-order valence-corrected chi connectivity index (χ4v) is 3.51. The summed E-state index contributed by atoms with van der Waals surface area (Å²) in [5.41, 5.74) is -1.71. The lowest BCUT2D eigenvalue weighted by atomic mass is 9.69. The Morgan fingerprint density at radius 3 is 2.48 bits per heavy atom. The third kappa shape index (κ3) is 3.33. The van der Waals surface area contributed by atoms with Crippen molar-refractivity contribution in [2.45, 2.75) is 51.8 Å². The molecule has 1 heterocycles. The molecule has 23 heavy (non-hydrogen) atoms. The van der Waals surface area contributed by atoms with Crippen LogP contribution in [0.4, 0.5) is 9.18 Å². The number of Topliss-reactive ketones (excluding diaryl/α,β-unsaturated/α-hetero) is 1. The lowest BCUT2D eigenvalue weighted by Crippen LogP contribution is -2.55. The van der Waals surface area contributed by atoms with Gasteiger partial charge in [0.05, 0.1) is 13.7 Å². The number of likely N-dealkylation sites (tertiary alicyclic amines) is 1. The molecule has 1 aliphatic carbocycles. The number of amides is 1. The highest BCUT2D eigenvalue weighted by Crippen LogP contribution is 2.50. The largest absolute Gasteiger partial charge is 0.468 e. The normalized spacial score (nSPS) is 31.3. The fourth-order valence-electron chi connectivity index (χ4n) is 3.51. The Kier molecular flexibility index (Phi) is 4.69. The lowest BCUT2D eigenvalue weighted by molar-refractivity contribution is -0.156. The second-order valence-corrected chi connectivity index (χ2v) is 7.30. The first kappa shape index (κ1) is 17.7. The molecule has 130 valence electrons. The molecule has 0 radical (unpaired) electrons. The highest BCUT2D eigenvalue weighted by atomic mass is 19.1. The molecule has 3 atom stereocenters. The zero-order chi connectivity index (χ0) is 17.4. The molecular weight excluding hydrogens is 305 g/mol. The molecule has 1 saturated carbocycles. The van der Waals surface area contributed by atoms with Crippen LogP contribution in [0.5, 0.6) is 0 Å². The highest BCUT2D eigenvalue weighted by molar-refractivity contribution is 6.01. The first-order chi connectivity index (χ1) is 10.6. The van der Waals surface area contributed by atoms with Gasteiger partial charge in [-0.25, -0.2) is 9.18 Å². The zero-order valence-corrected chi connectivity index (χ0v) is 14.1. The van der Waals surface area contributed by atoms with Gasteiger partial charge in [-0.15, -0.1) is 0 Å². The Hall–Kier alpha value is -1.66. The second kappa shape index (κ2) is 6.09. The quantitative estimate of drug-likeness (QED) is 0.544. The van der Waals surface area contributed by atoms with E-state index in [1.54, 1.807) is 20.8 Å². The molecule has 3 unspecified atom stereocenters. The zero-order valence-electron chi connectivity index (χ0n) is 14.1. The van der Waals surface area contributed by atoms with Crippen LogP contribution in [0.1, 0.15) is 40.0 Å². The van der Waals surface area contributed by atoms with Gasteiger partial charge in [0.2, 0.25) is 0 Å². The Morgan fingerprint density at radius 2 is 1.96 bits per heavy atom. The summed E-state index contributed by atoms with van der Waals surface area (Å²) in [6, 6.07) is 0. The minimum atomic E-state index is -1.46. The molecule has 2 aliphatic rings. The summed E-state index contributed by atoms with van der Waals surface area (Å²) < 4.78 is 24.8. The SMILES string of the molecule is COC(=O)C1C(=O)CCC12CCN(C(=O)OC(C)(C)C)CC2F. The van der Waals surface area contributed by atoms with Crippen LogP contribution in [0.3, 0.4) is 0 Å². The predicted molar refractivity (Wildman–Crippen MR) is 79.5 cm³/mol. The molecule has 0 aromatic carbocycles. The number of esters is 1. The minimum absolute atomic E-state index is 0.171. The molecule has 0 bridgehead atoms. The summed E-state index contributed by atoms with van der Waals surface area (Å²) in [7, 11) is 1.20. The number of carbonyl (C=O) groups is 3. The Morgan fingerprint density at radius 1 is 1.30 bits per heavy atom. The molecular formula is C16H24FNO5. The smallest absolute Gasteiger partial charge is 0.410 e. The third-order valence-corrected chi connectivity index (χ3v) is 4.67. The summed E-state index contributed by atoms with van der Waals surface area (Å²) in [6.07, 6.45) is -1.30. The van der Waals surface area contributed by atoms with Crippen molar-refractivity contribution in [2.24, 2.45) is 11.3 Å². The van der Waals surface area contributed by atoms with Crippen LogP contribution in [-0.2, 0) is 19.1 Å². The summed E-state index contributed by atoms with van der Waals surface area (Å²) in [6.45, 7) is 5.32. The van der Waals surface area contributed by atoms with Crippen molar-refractivity contribution in [1.82, 2.24) is 4.90 Å². The second-order valence-electron chi connectivity index (χ2n) is 7.30. The van der Waals surface area contributed by atoms with Crippen molar-refractivity contribution in [2.75, 3.05) is 20.2 Å². The summed E-state index contributed by atoms with van der Waals surface area (Å²) in [4.78, 5) is 37.3. The maximum atomic E-state index is 14.9. The molecule has 2 fully saturated rings. The molecule has 6 nitrogen and oxygen atoms in total. The van der Waals surface area contributed by atoms with Gasteiger partial charge in [0.15, 0.2) is 0 Å². The van der Waals surface area contributed by atoms with E-state index in [1.807, 2.05) is 0 Å². The lowest BCUT2D eigenvalue weighted by Gasteiger charge is -2.44. The van der Waals surface area contributed by atoms with E-state index in [9.17, 15) is 18.8 Å². The van der Waals surface area contributed by atoms with E-state index >= 15 is 0 Å². The number of ketones is 1. The van der Waals surface area contributed by atoms with Gasteiger partial charge >= 0.3 is 12.1 Å². The summed E-state index contributed by atoms with van der Waals surface area (Å²) in [5, 5.41) is 0. The van der Waals surface area contributed by atoms with Gasteiger partial charge in [-0.3, -0.25) is 9.59 Å². The highest BCUT2D eigenvalue weighted by Gasteiger charge is 2.59. The number of halogens is 1. The Balaban J connectivity index is 2.13. The first-order valence-electron chi connectivity index (χ1n) is 7.83. The Bertz CT molecular complexity index is 515. The number of alkyl halides is 1. The average Bonchev–Trinajstić information content (AvgIpc) is 2.77. The molecule has 0 N–H and O–H groups in total.